The summed E-state index contributed by atoms with van der Waals surface area (Å²) in [6, 6.07) is 0. The van der Waals surface area contributed by atoms with Gasteiger partial charge in [0.15, 0.2) is 0 Å². The van der Waals surface area contributed by atoms with Crippen LogP contribution in [0.4, 0.5) is 11.6 Å². The van der Waals surface area contributed by atoms with Gasteiger partial charge in [-0.2, -0.15) is 0 Å². The first kappa shape index (κ1) is 14.7. The molecular weight excluding hydrogens is 224 g/mol. The summed E-state index contributed by atoms with van der Waals surface area (Å²) in [5, 5.41) is 6.51. The van der Waals surface area contributed by atoms with E-state index < -0.39 is 0 Å². The van der Waals surface area contributed by atoms with Crippen LogP contribution in [0.1, 0.15) is 44.5 Å². The highest BCUT2D eigenvalue weighted by atomic mass is 15.1. The third-order valence-corrected chi connectivity index (χ3v) is 3.00. The van der Waals surface area contributed by atoms with Crippen molar-refractivity contribution in [3.05, 3.63) is 11.4 Å². The first-order valence-corrected chi connectivity index (χ1v) is 6.81. The topological polar surface area (TPSA) is 49.8 Å². The fraction of sp³-hybridized carbons (Fsp3) is 0.714. The van der Waals surface area contributed by atoms with Crippen molar-refractivity contribution in [2.24, 2.45) is 5.92 Å². The second-order valence-corrected chi connectivity index (χ2v) is 5.16. The zero-order valence-corrected chi connectivity index (χ0v) is 12.3. The molecule has 0 unspecified atom stereocenters. The molecule has 4 heteroatoms. The van der Waals surface area contributed by atoms with Crippen LogP contribution >= 0.6 is 0 Å². The third kappa shape index (κ3) is 4.51. The molecule has 0 atom stereocenters. The summed E-state index contributed by atoms with van der Waals surface area (Å²) in [5.41, 5.74) is 1.09. The van der Waals surface area contributed by atoms with Gasteiger partial charge < -0.3 is 10.6 Å². The molecule has 0 saturated heterocycles. The van der Waals surface area contributed by atoms with Crippen LogP contribution in [0.2, 0.25) is 0 Å². The zero-order valence-electron chi connectivity index (χ0n) is 12.3. The number of anilines is 2. The molecule has 0 aliphatic carbocycles. The Kier molecular flexibility index (Phi) is 5.89. The van der Waals surface area contributed by atoms with Crippen LogP contribution in [0.3, 0.4) is 0 Å². The number of nitrogens with zero attached hydrogens (tertiary/aromatic N) is 2. The highest BCUT2D eigenvalue weighted by Crippen LogP contribution is 2.19. The average Bonchev–Trinajstić information content (AvgIpc) is 2.32. The van der Waals surface area contributed by atoms with Crippen molar-refractivity contribution in [3.8, 4) is 0 Å². The minimum atomic E-state index is 0.795. The van der Waals surface area contributed by atoms with E-state index in [9.17, 15) is 0 Å². The van der Waals surface area contributed by atoms with E-state index in [1.54, 1.807) is 0 Å². The highest BCUT2D eigenvalue weighted by molar-refractivity contribution is 5.56. The van der Waals surface area contributed by atoms with E-state index in [4.69, 9.17) is 0 Å². The van der Waals surface area contributed by atoms with E-state index >= 15 is 0 Å². The maximum atomic E-state index is 4.45. The Morgan fingerprint density at radius 3 is 2.33 bits per heavy atom. The van der Waals surface area contributed by atoms with Gasteiger partial charge in [-0.1, -0.05) is 26.7 Å². The Morgan fingerprint density at radius 2 is 1.72 bits per heavy atom. The predicted octanol–water partition coefficient (Wildman–Crippen LogP) is 3.37. The fourth-order valence-corrected chi connectivity index (χ4v) is 1.93. The molecule has 0 spiro atoms. The Morgan fingerprint density at radius 1 is 1.06 bits per heavy atom. The van der Waals surface area contributed by atoms with Crippen molar-refractivity contribution >= 4 is 11.6 Å². The van der Waals surface area contributed by atoms with Crippen LogP contribution in [0, 0.1) is 19.8 Å². The van der Waals surface area contributed by atoms with Gasteiger partial charge in [0.05, 0.1) is 0 Å². The summed E-state index contributed by atoms with van der Waals surface area (Å²) in [4.78, 5) is 8.81. The Bertz CT molecular complexity index is 374. The lowest BCUT2D eigenvalue weighted by Crippen LogP contribution is -2.09. The van der Waals surface area contributed by atoms with E-state index in [1.165, 1.54) is 19.3 Å². The number of aryl methyl sites for hydroxylation is 1. The number of rotatable bonds is 7. The zero-order chi connectivity index (χ0) is 13.5. The Balaban J connectivity index is 2.49. The monoisotopic (exact) mass is 250 g/mol. The van der Waals surface area contributed by atoms with Crippen molar-refractivity contribution in [2.45, 2.75) is 47.0 Å². The molecule has 0 fully saturated rings. The first-order chi connectivity index (χ1) is 8.54. The Labute approximate surface area is 111 Å². The molecule has 1 aromatic rings. The van der Waals surface area contributed by atoms with E-state index in [2.05, 4.69) is 34.4 Å². The molecule has 0 saturated carbocycles. The lowest BCUT2D eigenvalue weighted by Gasteiger charge is -2.12. The van der Waals surface area contributed by atoms with Crippen LogP contribution in [0.15, 0.2) is 0 Å². The van der Waals surface area contributed by atoms with Crippen LogP contribution in [0.5, 0.6) is 0 Å². The van der Waals surface area contributed by atoms with Gasteiger partial charge in [-0.15, -0.1) is 0 Å². The first-order valence-electron chi connectivity index (χ1n) is 6.81. The number of nitrogens with one attached hydrogen (secondary N) is 2. The number of aromatic nitrogens is 2. The number of hydrogen-bond acceptors (Lipinski definition) is 4. The molecule has 1 heterocycles. The molecule has 0 radical (unpaired) electrons. The molecule has 0 bridgehead atoms. The molecule has 18 heavy (non-hydrogen) atoms. The molecule has 0 aromatic carbocycles. The second kappa shape index (κ2) is 7.19. The molecule has 0 amide bonds. The maximum absolute atomic E-state index is 4.45. The van der Waals surface area contributed by atoms with E-state index in [0.29, 0.717) is 0 Å². The molecule has 102 valence electrons. The normalized spacial score (nSPS) is 10.8. The lowest BCUT2D eigenvalue weighted by atomic mass is 10.1. The largest absolute Gasteiger partial charge is 0.373 e. The predicted molar refractivity (Wildman–Crippen MR) is 78.2 cm³/mol. The molecule has 2 N–H and O–H groups in total. The summed E-state index contributed by atoms with van der Waals surface area (Å²) in [7, 11) is 1.89. The van der Waals surface area contributed by atoms with Gasteiger partial charge in [0.1, 0.15) is 17.5 Å². The van der Waals surface area contributed by atoms with Crippen molar-refractivity contribution in [3.63, 3.8) is 0 Å². The van der Waals surface area contributed by atoms with Gasteiger partial charge in [0.2, 0.25) is 0 Å². The Hall–Kier alpha value is -1.32. The average molecular weight is 250 g/mol. The summed E-state index contributed by atoms with van der Waals surface area (Å²) >= 11 is 0. The summed E-state index contributed by atoms with van der Waals surface area (Å²) in [6.07, 6.45) is 3.76. The van der Waals surface area contributed by atoms with Gasteiger partial charge >= 0.3 is 0 Å². The molecule has 4 nitrogen and oxygen atoms in total. The van der Waals surface area contributed by atoms with Gasteiger partial charge in [0, 0.05) is 19.2 Å². The fourth-order valence-electron chi connectivity index (χ4n) is 1.93. The quantitative estimate of drug-likeness (QED) is 0.728. The van der Waals surface area contributed by atoms with E-state index in [0.717, 1.165) is 35.5 Å². The summed E-state index contributed by atoms with van der Waals surface area (Å²) in [5.74, 6) is 3.46. The molecule has 1 rings (SSSR count). The van der Waals surface area contributed by atoms with Crippen molar-refractivity contribution in [2.75, 3.05) is 24.2 Å². The lowest BCUT2D eigenvalue weighted by molar-refractivity contribution is 0.544. The van der Waals surface area contributed by atoms with Crippen LogP contribution in [-0.4, -0.2) is 23.6 Å². The second-order valence-electron chi connectivity index (χ2n) is 5.16. The summed E-state index contributed by atoms with van der Waals surface area (Å²) in [6.45, 7) is 9.48. The minimum absolute atomic E-state index is 0.795. The molecule has 1 aromatic heterocycles. The van der Waals surface area contributed by atoms with Crippen LogP contribution < -0.4 is 10.6 Å². The van der Waals surface area contributed by atoms with Gasteiger partial charge in [-0.25, -0.2) is 9.97 Å². The van der Waals surface area contributed by atoms with Gasteiger partial charge in [0.25, 0.3) is 0 Å². The third-order valence-electron chi connectivity index (χ3n) is 3.00. The standard InChI is InChI=1S/C14H26N4/c1-10(2)8-6-7-9-16-14-11(3)13(15-5)17-12(4)18-14/h10H,6-9H2,1-5H3,(H2,15,16,17,18). The number of hydrogen-bond donors (Lipinski definition) is 2. The molecule has 0 aliphatic heterocycles. The minimum Gasteiger partial charge on any atom is -0.373 e. The highest BCUT2D eigenvalue weighted by Gasteiger charge is 2.07. The maximum Gasteiger partial charge on any atom is 0.134 e. The van der Waals surface area contributed by atoms with Gasteiger partial charge in [-0.3, -0.25) is 0 Å². The smallest absolute Gasteiger partial charge is 0.134 e. The SMILES string of the molecule is CNc1nc(C)nc(NCCCCC(C)C)c1C. The van der Waals surface area contributed by atoms with Crippen LogP contribution in [-0.2, 0) is 0 Å². The van der Waals surface area contributed by atoms with E-state index in [-0.39, 0.29) is 0 Å². The van der Waals surface area contributed by atoms with Crippen molar-refractivity contribution in [1.82, 2.24) is 9.97 Å². The number of unbranched alkanes of at least 4 members (excludes halogenated alkanes) is 1. The van der Waals surface area contributed by atoms with Crippen molar-refractivity contribution in [1.29, 1.82) is 0 Å². The van der Waals surface area contributed by atoms with Crippen molar-refractivity contribution < 1.29 is 0 Å². The van der Waals surface area contributed by atoms with Gasteiger partial charge in [-0.05, 0) is 26.2 Å². The van der Waals surface area contributed by atoms with Crippen LogP contribution in [0.25, 0.3) is 0 Å². The summed E-state index contributed by atoms with van der Waals surface area (Å²) < 4.78 is 0. The molecule has 0 aliphatic rings. The molecular formula is C14H26N4. The van der Waals surface area contributed by atoms with E-state index in [1.807, 2.05) is 20.9 Å².